The lowest BCUT2D eigenvalue weighted by atomic mass is 10.1. The van der Waals surface area contributed by atoms with Crippen LogP contribution in [0.25, 0.3) is 0 Å². The number of carbonyl (C=O) groups is 1. The summed E-state index contributed by atoms with van der Waals surface area (Å²) in [7, 11) is 1.67. The molecule has 7 heteroatoms. The van der Waals surface area contributed by atoms with Crippen LogP contribution >= 0.6 is 11.3 Å². The van der Waals surface area contributed by atoms with Gasteiger partial charge >= 0.3 is 0 Å². The van der Waals surface area contributed by atoms with Crippen molar-refractivity contribution in [3.05, 3.63) is 39.8 Å². The number of hydrogen-bond donors (Lipinski definition) is 1. The number of ether oxygens (including phenoxy) is 2. The number of rotatable bonds is 7. The Morgan fingerprint density at radius 3 is 3.00 bits per heavy atom. The summed E-state index contributed by atoms with van der Waals surface area (Å²) in [6.45, 7) is 8.31. The van der Waals surface area contributed by atoms with Gasteiger partial charge in [0.05, 0.1) is 23.9 Å². The van der Waals surface area contributed by atoms with E-state index in [1.807, 2.05) is 37.4 Å². The van der Waals surface area contributed by atoms with Crippen LogP contribution < -0.4 is 14.8 Å². The van der Waals surface area contributed by atoms with Crippen molar-refractivity contribution in [2.45, 2.75) is 52.3 Å². The third-order valence-electron chi connectivity index (χ3n) is 4.99. The largest absolute Gasteiger partial charge is 0.497 e. The molecule has 0 bridgehead atoms. The highest BCUT2D eigenvalue weighted by molar-refractivity contribution is 7.09. The van der Waals surface area contributed by atoms with Crippen LogP contribution in [0.2, 0.25) is 0 Å². The fourth-order valence-corrected chi connectivity index (χ4v) is 4.05. The molecule has 1 aromatic heterocycles. The van der Waals surface area contributed by atoms with Crippen LogP contribution in [0.1, 0.15) is 49.0 Å². The molecule has 2 atom stereocenters. The van der Waals surface area contributed by atoms with E-state index < -0.39 is 0 Å². The topological polar surface area (TPSA) is 63.7 Å². The molecular weight excluding hydrogens is 374 g/mol. The molecule has 0 unspecified atom stereocenters. The number of fused-ring (bicyclic) bond motifs is 1. The van der Waals surface area contributed by atoms with Gasteiger partial charge in [0.15, 0.2) is 0 Å². The fraction of sp³-hybridized carbons (Fsp3) is 0.524. The standard InChI is InChI=1S/C21H29N3O3S/c1-5-17-12-24(11-16-10-18(26-4)6-7-20(16)27-17)9-8-21(25)22-14(2)19-13-28-15(3)23-19/h6-7,10,13-14,17H,5,8-9,11-12H2,1-4H3,(H,22,25)/t14-,17+/m1/s1. The van der Waals surface area contributed by atoms with E-state index in [2.05, 4.69) is 22.1 Å². The molecule has 1 amide bonds. The van der Waals surface area contributed by atoms with Gasteiger partial charge in [-0.3, -0.25) is 9.69 Å². The van der Waals surface area contributed by atoms with Crippen molar-refractivity contribution in [3.8, 4) is 11.5 Å². The van der Waals surface area contributed by atoms with E-state index in [1.165, 1.54) is 0 Å². The van der Waals surface area contributed by atoms with E-state index >= 15 is 0 Å². The van der Waals surface area contributed by atoms with Crippen molar-refractivity contribution in [3.63, 3.8) is 0 Å². The number of aromatic nitrogens is 1. The molecule has 6 nitrogen and oxygen atoms in total. The second kappa shape index (κ2) is 9.39. The van der Waals surface area contributed by atoms with Gasteiger partial charge in [-0.15, -0.1) is 11.3 Å². The molecule has 0 fully saturated rings. The SMILES string of the molecule is CC[C@H]1CN(CCC(=O)N[C@H](C)c2csc(C)n2)Cc2cc(OC)ccc2O1. The first-order valence-corrected chi connectivity index (χ1v) is 10.6. The van der Waals surface area contributed by atoms with Crippen LogP contribution in [-0.4, -0.2) is 42.1 Å². The zero-order valence-corrected chi connectivity index (χ0v) is 17.8. The van der Waals surface area contributed by atoms with Crippen LogP contribution in [0.4, 0.5) is 0 Å². The maximum atomic E-state index is 12.4. The molecule has 0 aliphatic carbocycles. The number of nitrogens with one attached hydrogen (secondary N) is 1. The first kappa shape index (κ1) is 20.6. The van der Waals surface area contributed by atoms with Gasteiger partial charge in [-0.05, 0) is 38.5 Å². The van der Waals surface area contributed by atoms with Gasteiger partial charge in [-0.2, -0.15) is 0 Å². The predicted molar refractivity (Wildman–Crippen MR) is 111 cm³/mol. The molecule has 0 saturated heterocycles. The summed E-state index contributed by atoms with van der Waals surface area (Å²) in [6, 6.07) is 5.85. The molecule has 0 saturated carbocycles. The number of carbonyl (C=O) groups excluding carboxylic acids is 1. The third-order valence-corrected chi connectivity index (χ3v) is 5.78. The Bertz CT molecular complexity index is 808. The monoisotopic (exact) mass is 403 g/mol. The number of nitrogens with zero attached hydrogens (tertiary/aromatic N) is 2. The van der Waals surface area contributed by atoms with Crippen LogP contribution in [0.5, 0.6) is 11.5 Å². The molecule has 0 spiro atoms. The average Bonchev–Trinajstić information content (AvgIpc) is 3.04. The van der Waals surface area contributed by atoms with E-state index in [0.29, 0.717) is 13.0 Å². The van der Waals surface area contributed by atoms with Crippen molar-refractivity contribution in [2.75, 3.05) is 20.2 Å². The van der Waals surface area contributed by atoms with Crippen LogP contribution in [-0.2, 0) is 11.3 Å². The number of aryl methyl sites for hydroxylation is 1. The summed E-state index contributed by atoms with van der Waals surface area (Å²) in [5, 5.41) is 6.07. The minimum absolute atomic E-state index is 0.0437. The van der Waals surface area contributed by atoms with E-state index in [4.69, 9.17) is 9.47 Å². The van der Waals surface area contributed by atoms with E-state index in [9.17, 15) is 4.79 Å². The van der Waals surface area contributed by atoms with Crippen molar-refractivity contribution in [1.29, 1.82) is 0 Å². The zero-order valence-electron chi connectivity index (χ0n) is 17.0. The van der Waals surface area contributed by atoms with Gasteiger partial charge in [0, 0.05) is 37.0 Å². The molecule has 152 valence electrons. The Hall–Kier alpha value is -2.12. The maximum Gasteiger partial charge on any atom is 0.221 e. The highest BCUT2D eigenvalue weighted by atomic mass is 32.1. The smallest absolute Gasteiger partial charge is 0.221 e. The zero-order chi connectivity index (χ0) is 20.1. The highest BCUT2D eigenvalue weighted by Gasteiger charge is 2.23. The van der Waals surface area contributed by atoms with Crippen LogP contribution in [0.15, 0.2) is 23.6 Å². The molecule has 0 radical (unpaired) electrons. The highest BCUT2D eigenvalue weighted by Crippen LogP contribution is 2.29. The van der Waals surface area contributed by atoms with Gasteiger partial charge in [0.1, 0.15) is 17.6 Å². The molecule has 2 heterocycles. The Morgan fingerprint density at radius 1 is 1.50 bits per heavy atom. The lowest BCUT2D eigenvalue weighted by Gasteiger charge is -2.23. The minimum atomic E-state index is -0.0710. The van der Waals surface area contributed by atoms with Crippen molar-refractivity contribution in [1.82, 2.24) is 15.2 Å². The van der Waals surface area contributed by atoms with Crippen molar-refractivity contribution >= 4 is 17.2 Å². The van der Waals surface area contributed by atoms with Gasteiger partial charge in [0.2, 0.25) is 5.91 Å². The Morgan fingerprint density at radius 2 is 2.32 bits per heavy atom. The third kappa shape index (κ3) is 5.23. The van der Waals surface area contributed by atoms with Crippen LogP contribution in [0.3, 0.4) is 0 Å². The molecule has 3 rings (SSSR count). The Kier molecular flexibility index (Phi) is 6.91. The van der Waals surface area contributed by atoms with Crippen molar-refractivity contribution < 1.29 is 14.3 Å². The Labute approximate surface area is 170 Å². The minimum Gasteiger partial charge on any atom is -0.497 e. The summed E-state index contributed by atoms with van der Waals surface area (Å²) >= 11 is 1.60. The molecule has 1 aliphatic heterocycles. The quantitative estimate of drug-likeness (QED) is 0.764. The average molecular weight is 404 g/mol. The van der Waals surface area contributed by atoms with Crippen LogP contribution in [0, 0.1) is 6.92 Å². The van der Waals surface area contributed by atoms with Gasteiger partial charge in [-0.1, -0.05) is 6.92 Å². The number of amides is 1. The number of thiazole rings is 1. The van der Waals surface area contributed by atoms with E-state index in [-0.39, 0.29) is 18.1 Å². The first-order chi connectivity index (χ1) is 13.5. The predicted octanol–water partition coefficient (Wildman–Crippen LogP) is 3.70. The normalized spacial score (nSPS) is 17.9. The van der Waals surface area contributed by atoms with Gasteiger partial charge in [0.25, 0.3) is 0 Å². The maximum absolute atomic E-state index is 12.4. The molecule has 1 N–H and O–H groups in total. The van der Waals surface area contributed by atoms with E-state index in [1.54, 1.807) is 18.4 Å². The molecule has 1 aromatic carbocycles. The molecule has 2 aromatic rings. The molecule has 1 aliphatic rings. The number of benzene rings is 1. The molecule has 28 heavy (non-hydrogen) atoms. The Balaban J connectivity index is 1.59. The molecular formula is C21H29N3O3S. The van der Waals surface area contributed by atoms with Crippen molar-refractivity contribution in [2.24, 2.45) is 0 Å². The second-order valence-corrected chi connectivity index (χ2v) is 8.25. The number of hydrogen-bond acceptors (Lipinski definition) is 6. The first-order valence-electron chi connectivity index (χ1n) is 9.75. The fourth-order valence-electron chi connectivity index (χ4n) is 3.34. The summed E-state index contributed by atoms with van der Waals surface area (Å²) in [6.07, 6.45) is 1.49. The summed E-state index contributed by atoms with van der Waals surface area (Å²) in [5.41, 5.74) is 2.02. The summed E-state index contributed by atoms with van der Waals surface area (Å²) < 4.78 is 11.5. The summed E-state index contributed by atoms with van der Waals surface area (Å²) in [4.78, 5) is 19.2. The summed E-state index contributed by atoms with van der Waals surface area (Å²) in [5.74, 6) is 1.77. The van der Waals surface area contributed by atoms with Gasteiger partial charge in [-0.25, -0.2) is 4.98 Å². The number of methoxy groups -OCH3 is 1. The van der Waals surface area contributed by atoms with Gasteiger partial charge < -0.3 is 14.8 Å². The lowest BCUT2D eigenvalue weighted by molar-refractivity contribution is -0.122. The second-order valence-electron chi connectivity index (χ2n) is 7.19. The lowest BCUT2D eigenvalue weighted by Crippen LogP contribution is -2.36. The van der Waals surface area contributed by atoms with E-state index in [0.717, 1.165) is 47.3 Å².